The molecule has 0 unspecified atom stereocenters. The average Bonchev–Trinajstić information content (AvgIpc) is 2.41. The number of aromatic nitrogens is 2. The third kappa shape index (κ3) is 4.23. The van der Waals surface area contributed by atoms with Gasteiger partial charge in [-0.15, -0.1) is 0 Å². The van der Waals surface area contributed by atoms with Crippen molar-refractivity contribution in [2.75, 3.05) is 0 Å². The first kappa shape index (κ1) is 11.7. The lowest BCUT2D eigenvalue weighted by Gasteiger charge is -1.81. The van der Waals surface area contributed by atoms with Gasteiger partial charge in [-0.2, -0.15) is 0 Å². The largest absolute Gasteiger partial charge is 0.296 e. The molecule has 0 fully saturated rings. The molecule has 0 atom stereocenters. The molecule has 0 aliphatic rings. The lowest BCUT2D eigenvalue weighted by molar-refractivity contribution is 0.111. The highest BCUT2D eigenvalue weighted by molar-refractivity contribution is 5.71. The summed E-state index contributed by atoms with van der Waals surface area (Å²) in [7, 11) is 0. The molecule has 2 aromatic rings. The maximum atomic E-state index is 9.94. The Kier molecular flexibility index (Phi) is 5.13. The normalized spacial score (nSPS) is 8.50. The summed E-state index contributed by atoms with van der Waals surface area (Å²) >= 11 is 0. The number of pyridine rings is 2. The van der Waals surface area contributed by atoms with Gasteiger partial charge in [-0.25, -0.2) is 0 Å². The van der Waals surface area contributed by atoms with E-state index < -0.39 is 0 Å². The van der Waals surface area contributed by atoms with Crippen LogP contribution >= 0.6 is 0 Å². The van der Waals surface area contributed by atoms with Gasteiger partial charge >= 0.3 is 0 Å². The Morgan fingerprint density at radius 3 is 1.38 bits per heavy atom. The van der Waals surface area contributed by atoms with Gasteiger partial charge in [0.25, 0.3) is 0 Å². The zero-order valence-corrected chi connectivity index (χ0v) is 8.48. The highest BCUT2D eigenvalue weighted by Gasteiger charge is 1.82. The fourth-order valence-corrected chi connectivity index (χ4v) is 0.891. The van der Waals surface area contributed by atoms with Gasteiger partial charge in [-0.1, -0.05) is 12.1 Å². The van der Waals surface area contributed by atoms with Gasteiger partial charge in [0.05, 0.1) is 0 Å². The molecule has 2 rings (SSSR count). The van der Waals surface area contributed by atoms with Crippen LogP contribution in [0.3, 0.4) is 0 Å². The first-order valence-corrected chi connectivity index (χ1v) is 4.59. The van der Waals surface area contributed by atoms with E-state index in [1.54, 1.807) is 48.8 Å². The fourth-order valence-electron chi connectivity index (χ4n) is 0.891. The molecule has 0 radical (unpaired) electrons. The molecular weight excluding hydrogens is 204 g/mol. The molecule has 4 nitrogen and oxygen atoms in total. The maximum absolute atomic E-state index is 9.94. The molecule has 0 aliphatic heterocycles. The van der Waals surface area contributed by atoms with Crippen LogP contribution in [0.25, 0.3) is 0 Å². The standard InChI is InChI=1S/2C6H5NO/c2*8-5-6-3-1-2-4-7-6/h2*1-5H. The molecule has 0 amide bonds. The van der Waals surface area contributed by atoms with Crippen molar-refractivity contribution in [3.05, 3.63) is 60.2 Å². The number of nitrogens with zero attached hydrogens (tertiary/aromatic N) is 2. The smallest absolute Gasteiger partial charge is 0.168 e. The number of rotatable bonds is 2. The lowest BCUT2D eigenvalue weighted by atomic mass is 10.4. The second-order valence-electron chi connectivity index (χ2n) is 2.74. The van der Waals surface area contributed by atoms with Gasteiger partial charge in [0, 0.05) is 12.4 Å². The van der Waals surface area contributed by atoms with E-state index in [-0.39, 0.29) is 0 Å². The summed E-state index contributed by atoms with van der Waals surface area (Å²) in [6.45, 7) is 0. The molecule has 0 spiro atoms. The number of aldehydes is 2. The zero-order chi connectivity index (χ0) is 11.6. The van der Waals surface area contributed by atoms with Gasteiger partial charge in [0.1, 0.15) is 11.4 Å². The van der Waals surface area contributed by atoms with Gasteiger partial charge < -0.3 is 0 Å². The first-order chi connectivity index (χ1) is 7.86. The quantitative estimate of drug-likeness (QED) is 0.715. The van der Waals surface area contributed by atoms with Gasteiger partial charge in [0.2, 0.25) is 0 Å². The van der Waals surface area contributed by atoms with Crippen molar-refractivity contribution in [3.8, 4) is 0 Å². The van der Waals surface area contributed by atoms with Crippen LogP contribution in [0.2, 0.25) is 0 Å². The molecule has 16 heavy (non-hydrogen) atoms. The molecule has 0 aromatic carbocycles. The van der Waals surface area contributed by atoms with Gasteiger partial charge in [-0.3, -0.25) is 19.6 Å². The number of hydrogen-bond acceptors (Lipinski definition) is 4. The molecule has 0 aliphatic carbocycles. The minimum Gasteiger partial charge on any atom is -0.296 e. The molecule has 0 saturated heterocycles. The maximum Gasteiger partial charge on any atom is 0.168 e. The minimum absolute atomic E-state index is 0.479. The Balaban J connectivity index is 0.000000160. The summed E-state index contributed by atoms with van der Waals surface area (Å²) in [6.07, 6.45) is 4.62. The number of hydrogen-bond donors (Lipinski definition) is 0. The summed E-state index contributed by atoms with van der Waals surface area (Å²) in [4.78, 5) is 27.3. The third-order valence-electron chi connectivity index (χ3n) is 1.62. The molecule has 0 N–H and O–H groups in total. The van der Waals surface area contributed by atoms with Crippen molar-refractivity contribution in [2.45, 2.75) is 0 Å². The van der Waals surface area contributed by atoms with Crippen LogP contribution in [0.4, 0.5) is 0 Å². The van der Waals surface area contributed by atoms with Crippen LogP contribution in [-0.2, 0) is 0 Å². The Bertz CT molecular complexity index is 386. The van der Waals surface area contributed by atoms with Gasteiger partial charge in [0.15, 0.2) is 12.6 Å². The first-order valence-electron chi connectivity index (χ1n) is 4.59. The van der Waals surface area contributed by atoms with E-state index in [0.29, 0.717) is 11.4 Å². The summed E-state index contributed by atoms with van der Waals surface area (Å²) in [5.74, 6) is 0. The van der Waals surface area contributed by atoms with Crippen LogP contribution in [0.1, 0.15) is 21.0 Å². The Labute approximate surface area is 93.0 Å². The second-order valence-corrected chi connectivity index (χ2v) is 2.74. The summed E-state index contributed by atoms with van der Waals surface area (Å²) in [5.41, 5.74) is 0.958. The third-order valence-corrected chi connectivity index (χ3v) is 1.62. The molecule has 80 valence electrons. The topological polar surface area (TPSA) is 59.9 Å². The summed E-state index contributed by atoms with van der Waals surface area (Å²) < 4.78 is 0. The summed E-state index contributed by atoms with van der Waals surface area (Å²) in [5, 5.41) is 0. The van der Waals surface area contributed by atoms with Crippen LogP contribution in [0, 0.1) is 0 Å². The Hall–Kier alpha value is -2.36. The van der Waals surface area contributed by atoms with Crippen LogP contribution < -0.4 is 0 Å². The van der Waals surface area contributed by atoms with Crippen LogP contribution in [0.5, 0.6) is 0 Å². The van der Waals surface area contributed by atoms with Crippen molar-refractivity contribution < 1.29 is 9.59 Å². The van der Waals surface area contributed by atoms with Crippen LogP contribution in [-0.4, -0.2) is 22.5 Å². The molecule has 0 saturated carbocycles. The highest BCUT2D eigenvalue weighted by atomic mass is 16.1. The highest BCUT2D eigenvalue weighted by Crippen LogP contribution is 1.86. The minimum atomic E-state index is 0.479. The van der Waals surface area contributed by atoms with Crippen molar-refractivity contribution in [2.24, 2.45) is 0 Å². The van der Waals surface area contributed by atoms with Crippen molar-refractivity contribution >= 4 is 12.6 Å². The zero-order valence-electron chi connectivity index (χ0n) is 8.48. The Morgan fingerprint density at radius 1 is 0.750 bits per heavy atom. The van der Waals surface area contributed by atoms with Crippen LogP contribution in [0.15, 0.2) is 48.8 Å². The fraction of sp³-hybridized carbons (Fsp3) is 0. The van der Waals surface area contributed by atoms with E-state index in [0.717, 1.165) is 12.6 Å². The second kappa shape index (κ2) is 7.00. The lowest BCUT2D eigenvalue weighted by Crippen LogP contribution is -1.80. The van der Waals surface area contributed by atoms with E-state index in [2.05, 4.69) is 9.97 Å². The van der Waals surface area contributed by atoms with Gasteiger partial charge in [-0.05, 0) is 24.3 Å². The number of carbonyl (C=O) groups excluding carboxylic acids is 2. The van der Waals surface area contributed by atoms with E-state index in [4.69, 9.17) is 0 Å². The molecule has 0 bridgehead atoms. The van der Waals surface area contributed by atoms with E-state index in [1.165, 1.54) is 0 Å². The van der Waals surface area contributed by atoms with E-state index >= 15 is 0 Å². The van der Waals surface area contributed by atoms with E-state index in [9.17, 15) is 9.59 Å². The number of carbonyl (C=O) groups is 2. The Morgan fingerprint density at radius 2 is 1.19 bits per heavy atom. The van der Waals surface area contributed by atoms with Crippen molar-refractivity contribution in [1.29, 1.82) is 0 Å². The van der Waals surface area contributed by atoms with E-state index in [1.807, 2.05) is 0 Å². The average molecular weight is 214 g/mol. The molecule has 2 heterocycles. The van der Waals surface area contributed by atoms with Crippen molar-refractivity contribution in [1.82, 2.24) is 9.97 Å². The SMILES string of the molecule is O=Cc1ccccn1.O=Cc1ccccn1. The molecular formula is C12H10N2O2. The predicted molar refractivity (Wildman–Crippen MR) is 59.2 cm³/mol. The monoisotopic (exact) mass is 214 g/mol. The van der Waals surface area contributed by atoms with Crippen molar-refractivity contribution in [3.63, 3.8) is 0 Å². The molecule has 4 heteroatoms. The summed E-state index contributed by atoms with van der Waals surface area (Å²) in [6, 6.07) is 10.4. The molecule has 2 aromatic heterocycles. The predicted octanol–water partition coefficient (Wildman–Crippen LogP) is 1.79.